The molecule has 118 valence electrons. The lowest BCUT2D eigenvalue weighted by Crippen LogP contribution is -2.41. The average Bonchev–Trinajstić information content (AvgIpc) is 2.43. The van der Waals surface area contributed by atoms with Gasteiger partial charge >= 0.3 is 5.97 Å². The van der Waals surface area contributed by atoms with Crippen molar-refractivity contribution in [3.05, 3.63) is 23.8 Å². The Hall–Kier alpha value is -1.25. The van der Waals surface area contributed by atoms with Crippen molar-refractivity contribution in [1.82, 2.24) is 4.72 Å². The minimum atomic E-state index is -3.88. The Morgan fingerprint density at radius 1 is 1.48 bits per heavy atom. The molecule has 8 heteroatoms. The first-order chi connectivity index (χ1) is 9.81. The molecule has 0 saturated heterocycles. The van der Waals surface area contributed by atoms with E-state index in [0.717, 1.165) is 0 Å². The lowest BCUT2D eigenvalue weighted by molar-refractivity contribution is -0.139. The van der Waals surface area contributed by atoms with Gasteiger partial charge in [0, 0.05) is 0 Å². The number of carboxylic acids is 1. The molecule has 0 amide bonds. The molecule has 0 fully saturated rings. The minimum Gasteiger partial charge on any atom is -0.496 e. The van der Waals surface area contributed by atoms with Crippen molar-refractivity contribution in [2.75, 3.05) is 19.1 Å². The Labute approximate surface area is 128 Å². The summed E-state index contributed by atoms with van der Waals surface area (Å²) < 4.78 is 31.8. The van der Waals surface area contributed by atoms with Gasteiger partial charge in [-0.25, -0.2) is 8.42 Å². The summed E-state index contributed by atoms with van der Waals surface area (Å²) in [5.41, 5.74) is 0.663. The second kappa shape index (κ2) is 7.67. The van der Waals surface area contributed by atoms with Crippen molar-refractivity contribution in [3.63, 3.8) is 0 Å². The molecule has 1 atom stereocenters. The quantitative estimate of drug-likeness (QED) is 0.749. The topological polar surface area (TPSA) is 92.7 Å². The third-order valence-electron chi connectivity index (χ3n) is 2.88. The lowest BCUT2D eigenvalue weighted by atomic mass is 10.2. The zero-order valence-corrected chi connectivity index (χ0v) is 13.8. The van der Waals surface area contributed by atoms with Crippen molar-refractivity contribution in [1.29, 1.82) is 0 Å². The van der Waals surface area contributed by atoms with Gasteiger partial charge in [0.1, 0.15) is 11.8 Å². The number of sulfonamides is 1. The molecule has 1 aromatic carbocycles. The fourth-order valence-electron chi connectivity index (χ4n) is 1.74. The number of benzene rings is 1. The van der Waals surface area contributed by atoms with Crippen LogP contribution in [0.4, 0.5) is 0 Å². The third kappa shape index (κ3) is 4.90. The Morgan fingerprint density at radius 2 is 2.14 bits per heavy atom. The van der Waals surface area contributed by atoms with E-state index in [1.165, 1.54) is 31.0 Å². The van der Waals surface area contributed by atoms with Gasteiger partial charge < -0.3 is 9.84 Å². The van der Waals surface area contributed by atoms with Gasteiger partial charge in [0.05, 0.1) is 12.0 Å². The number of nitrogens with one attached hydrogen (secondary N) is 1. The van der Waals surface area contributed by atoms with Crippen molar-refractivity contribution in [3.8, 4) is 5.75 Å². The Balaban J connectivity index is 2.99. The molecular formula is C13H19NO5S2. The van der Waals surface area contributed by atoms with E-state index >= 15 is 0 Å². The first-order valence-corrected chi connectivity index (χ1v) is 9.08. The van der Waals surface area contributed by atoms with E-state index < -0.39 is 22.0 Å². The molecule has 2 N–H and O–H groups in total. The second-order valence-electron chi connectivity index (χ2n) is 4.43. The normalized spacial score (nSPS) is 12.9. The molecule has 21 heavy (non-hydrogen) atoms. The number of rotatable bonds is 8. The van der Waals surface area contributed by atoms with Crippen LogP contribution in [0.15, 0.2) is 23.1 Å². The third-order valence-corrected chi connectivity index (χ3v) is 5.00. The van der Waals surface area contributed by atoms with Gasteiger partial charge in [-0.1, -0.05) is 0 Å². The van der Waals surface area contributed by atoms with Crippen LogP contribution in [-0.4, -0.2) is 44.7 Å². The highest BCUT2D eigenvalue weighted by atomic mass is 32.2. The van der Waals surface area contributed by atoms with E-state index in [1.54, 1.807) is 13.0 Å². The van der Waals surface area contributed by atoms with Crippen molar-refractivity contribution in [2.45, 2.75) is 24.3 Å². The van der Waals surface area contributed by atoms with E-state index in [9.17, 15) is 13.2 Å². The second-order valence-corrected chi connectivity index (χ2v) is 7.12. The summed E-state index contributed by atoms with van der Waals surface area (Å²) in [5.74, 6) is -0.0508. The van der Waals surface area contributed by atoms with Gasteiger partial charge in [-0.15, -0.1) is 0 Å². The Kier molecular flexibility index (Phi) is 6.50. The summed E-state index contributed by atoms with van der Waals surface area (Å²) in [6.07, 6.45) is 2.06. The molecule has 0 radical (unpaired) electrons. The number of aliphatic carboxylic acids is 1. The maximum absolute atomic E-state index is 12.2. The van der Waals surface area contributed by atoms with E-state index in [4.69, 9.17) is 9.84 Å². The number of hydrogen-bond donors (Lipinski definition) is 2. The van der Waals surface area contributed by atoms with Gasteiger partial charge in [0.2, 0.25) is 10.0 Å². The molecule has 0 aliphatic rings. The molecule has 0 bridgehead atoms. The monoisotopic (exact) mass is 333 g/mol. The molecule has 1 aromatic rings. The number of aryl methyl sites for hydroxylation is 1. The highest BCUT2D eigenvalue weighted by Gasteiger charge is 2.25. The summed E-state index contributed by atoms with van der Waals surface area (Å²) in [5, 5.41) is 9.09. The van der Waals surface area contributed by atoms with Crippen molar-refractivity contribution in [2.24, 2.45) is 0 Å². The maximum atomic E-state index is 12.2. The van der Waals surface area contributed by atoms with E-state index in [2.05, 4.69) is 4.72 Å². The molecule has 0 saturated carbocycles. The smallest absolute Gasteiger partial charge is 0.321 e. The molecule has 0 aromatic heterocycles. The fourth-order valence-corrected chi connectivity index (χ4v) is 3.52. The van der Waals surface area contributed by atoms with Crippen LogP contribution in [0, 0.1) is 6.92 Å². The van der Waals surface area contributed by atoms with Crippen LogP contribution >= 0.6 is 11.8 Å². The number of carboxylic acid groups (broad SMARTS) is 1. The fraction of sp³-hybridized carbons (Fsp3) is 0.462. The van der Waals surface area contributed by atoms with Crippen molar-refractivity contribution >= 4 is 27.8 Å². The predicted molar refractivity (Wildman–Crippen MR) is 82.5 cm³/mol. The summed E-state index contributed by atoms with van der Waals surface area (Å²) in [6.45, 7) is 1.72. The van der Waals surface area contributed by atoms with E-state index in [0.29, 0.717) is 17.1 Å². The van der Waals surface area contributed by atoms with Gasteiger partial charge in [0.15, 0.2) is 0 Å². The molecule has 6 nitrogen and oxygen atoms in total. The van der Waals surface area contributed by atoms with Crippen LogP contribution in [0.25, 0.3) is 0 Å². The van der Waals surface area contributed by atoms with Gasteiger partial charge in [-0.2, -0.15) is 16.5 Å². The van der Waals surface area contributed by atoms with Gasteiger partial charge in [-0.3, -0.25) is 4.79 Å². The zero-order chi connectivity index (χ0) is 16.0. The number of methoxy groups -OCH3 is 1. The van der Waals surface area contributed by atoms with Crippen LogP contribution in [0.5, 0.6) is 5.75 Å². The molecule has 0 heterocycles. The van der Waals surface area contributed by atoms with Gasteiger partial charge in [-0.05, 0) is 49.1 Å². The lowest BCUT2D eigenvalue weighted by Gasteiger charge is -2.15. The first-order valence-electron chi connectivity index (χ1n) is 6.20. The summed E-state index contributed by atoms with van der Waals surface area (Å²) in [7, 11) is -2.38. The number of thioether (sulfide) groups is 1. The van der Waals surface area contributed by atoms with Crippen molar-refractivity contribution < 1.29 is 23.1 Å². The molecule has 0 unspecified atom stereocenters. The molecule has 0 spiro atoms. The Bertz CT molecular complexity index is 601. The van der Waals surface area contributed by atoms with Crippen LogP contribution in [0.3, 0.4) is 0 Å². The first kappa shape index (κ1) is 17.8. The Morgan fingerprint density at radius 3 is 2.62 bits per heavy atom. The molecule has 0 aliphatic carbocycles. The largest absolute Gasteiger partial charge is 0.496 e. The average molecular weight is 333 g/mol. The summed E-state index contributed by atoms with van der Waals surface area (Å²) in [6, 6.07) is 3.25. The van der Waals surface area contributed by atoms with E-state index in [1.807, 2.05) is 6.26 Å². The minimum absolute atomic E-state index is 0.0243. The summed E-state index contributed by atoms with van der Waals surface area (Å²) in [4.78, 5) is 11.1. The maximum Gasteiger partial charge on any atom is 0.321 e. The predicted octanol–water partition coefficient (Wildman–Crippen LogP) is 1.49. The molecule has 0 aliphatic heterocycles. The standard InChI is InChI=1S/C13H19NO5S2/c1-9-8-10(4-5-12(9)19-2)21(17,18)14-11(13(15)16)6-7-20-3/h4-5,8,11,14H,6-7H2,1-3H3,(H,15,16)/t11-/m0/s1. The molecular weight excluding hydrogens is 314 g/mol. The highest BCUT2D eigenvalue weighted by Crippen LogP contribution is 2.21. The molecule has 1 rings (SSSR count). The van der Waals surface area contributed by atoms with Gasteiger partial charge in [0.25, 0.3) is 0 Å². The number of ether oxygens (including phenoxy) is 1. The van der Waals surface area contributed by atoms with Crippen LogP contribution in [-0.2, 0) is 14.8 Å². The number of hydrogen-bond acceptors (Lipinski definition) is 5. The van der Waals surface area contributed by atoms with Crippen LogP contribution < -0.4 is 9.46 Å². The van der Waals surface area contributed by atoms with E-state index in [-0.39, 0.29) is 11.3 Å². The van der Waals surface area contributed by atoms with Crippen LogP contribution in [0.1, 0.15) is 12.0 Å². The number of carbonyl (C=O) groups is 1. The SMILES string of the molecule is COc1ccc(S(=O)(=O)N[C@@H](CCSC)C(=O)O)cc1C. The highest BCUT2D eigenvalue weighted by molar-refractivity contribution is 7.98. The zero-order valence-electron chi connectivity index (χ0n) is 12.1. The summed E-state index contributed by atoms with van der Waals surface area (Å²) >= 11 is 1.46. The van der Waals surface area contributed by atoms with Crippen LogP contribution in [0.2, 0.25) is 0 Å².